The average molecular weight is 340 g/mol. The zero-order chi connectivity index (χ0) is 18.3. The zero-order valence-corrected chi connectivity index (χ0v) is 13.7. The Bertz CT molecular complexity index is 604. The number of quaternary nitrogens is 1. The molecule has 0 saturated carbocycles. The standard InChI is InChI=1S/C14H22N5O5/c1-17(2)13(20)19(16,10-4-3-9-15)14(21)24-12-7-5-11(6-8-12)18(22)23/h5-8H,3-4,9-10,15-16H2,1-2H3/q+1/t19-/m1/s1. The number of hydrogen-bond acceptors (Lipinski definition) is 7. The van der Waals surface area contributed by atoms with Gasteiger partial charge in [-0.2, -0.15) is 10.6 Å². The van der Waals surface area contributed by atoms with Crippen LogP contribution in [0.1, 0.15) is 12.8 Å². The molecule has 24 heavy (non-hydrogen) atoms. The van der Waals surface area contributed by atoms with Gasteiger partial charge in [0.25, 0.3) is 5.69 Å². The molecule has 4 N–H and O–H groups in total. The first-order valence-electron chi connectivity index (χ1n) is 7.27. The van der Waals surface area contributed by atoms with E-state index in [0.29, 0.717) is 19.4 Å². The van der Waals surface area contributed by atoms with E-state index in [1.54, 1.807) is 0 Å². The summed E-state index contributed by atoms with van der Waals surface area (Å²) in [6.07, 6.45) is 0.0876. The Morgan fingerprint density at radius 2 is 1.83 bits per heavy atom. The lowest BCUT2D eigenvalue weighted by molar-refractivity contribution is -0.791. The van der Waals surface area contributed by atoms with Crippen LogP contribution in [0.25, 0.3) is 0 Å². The number of amides is 3. The number of urea groups is 1. The Hall–Kier alpha value is -2.56. The van der Waals surface area contributed by atoms with E-state index in [4.69, 9.17) is 16.3 Å². The minimum atomic E-state index is -1.07. The van der Waals surface area contributed by atoms with E-state index in [1.807, 2.05) is 0 Å². The van der Waals surface area contributed by atoms with Gasteiger partial charge in [-0.1, -0.05) is 4.59 Å². The molecular formula is C14H22N5O5+. The van der Waals surface area contributed by atoms with Crippen LogP contribution < -0.4 is 16.3 Å². The molecular weight excluding hydrogens is 318 g/mol. The normalized spacial score (nSPS) is 13.0. The first-order valence-corrected chi connectivity index (χ1v) is 7.27. The Morgan fingerprint density at radius 1 is 1.25 bits per heavy atom. The highest BCUT2D eigenvalue weighted by Crippen LogP contribution is 2.19. The SMILES string of the molecule is CN(C)C(=O)[N@+](N)(CCCCN)C(=O)Oc1ccc([N+](=O)[O-])cc1. The van der Waals surface area contributed by atoms with Gasteiger partial charge in [0.2, 0.25) is 0 Å². The van der Waals surface area contributed by atoms with E-state index in [2.05, 4.69) is 0 Å². The highest BCUT2D eigenvalue weighted by atomic mass is 16.6. The van der Waals surface area contributed by atoms with Gasteiger partial charge >= 0.3 is 12.1 Å². The lowest BCUT2D eigenvalue weighted by Gasteiger charge is -2.28. The van der Waals surface area contributed by atoms with E-state index in [1.165, 1.54) is 43.3 Å². The number of non-ortho nitro benzene ring substituents is 1. The molecule has 0 aliphatic heterocycles. The van der Waals surface area contributed by atoms with Crippen LogP contribution >= 0.6 is 0 Å². The van der Waals surface area contributed by atoms with Crippen molar-refractivity contribution in [3.8, 4) is 5.75 Å². The van der Waals surface area contributed by atoms with E-state index in [-0.39, 0.29) is 18.0 Å². The molecule has 0 aromatic heterocycles. The van der Waals surface area contributed by atoms with Crippen molar-refractivity contribution >= 4 is 17.8 Å². The molecule has 0 aliphatic carbocycles. The maximum absolute atomic E-state index is 12.4. The highest BCUT2D eigenvalue weighted by Gasteiger charge is 2.45. The van der Waals surface area contributed by atoms with Crippen molar-refractivity contribution in [2.45, 2.75) is 12.8 Å². The topological polar surface area (TPSA) is 142 Å². The fourth-order valence-electron chi connectivity index (χ4n) is 1.95. The second-order valence-corrected chi connectivity index (χ2v) is 5.38. The predicted molar refractivity (Wildman–Crippen MR) is 85.8 cm³/mol. The number of imide groups is 1. The van der Waals surface area contributed by atoms with Crippen LogP contribution in [0.4, 0.5) is 15.3 Å². The van der Waals surface area contributed by atoms with Gasteiger partial charge in [-0.3, -0.25) is 15.0 Å². The molecule has 1 aromatic carbocycles. The van der Waals surface area contributed by atoms with Crippen LogP contribution in [0.2, 0.25) is 0 Å². The summed E-state index contributed by atoms with van der Waals surface area (Å²) in [7, 11) is 2.95. The zero-order valence-electron chi connectivity index (χ0n) is 13.7. The van der Waals surface area contributed by atoms with Crippen LogP contribution in [-0.2, 0) is 0 Å². The average Bonchev–Trinajstić information content (AvgIpc) is 2.54. The summed E-state index contributed by atoms with van der Waals surface area (Å²) in [5.41, 5.74) is 5.27. The van der Waals surface area contributed by atoms with Gasteiger partial charge in [-0.25, -0.2) is 4.79 Å². The van der Waals surface area contributed by atoms with Crippen molar-refractivity contribution in [3.63, 3.8) is 0 Å². The number of carbonyl (C=O) groups excluding carboxylic acids is 2. The number of ether oxygens (including phenoxy) is 1. The third kappa shape index (κ3) is 4.72. The van der Waals surface area contributed by atoms with Crippen LogP contribution in [-0.4, -0.2) is 53.7 Å². The molecule has 0 heterocycles. The summed E-state index contributed by atoms with van der Waals surface area (Å²) >= 11 is 0. The van der Waals surface area contributed by atoms with Crippen molar-refractivity contribution in [1.82, 2.24) is 4.90 Å². The monoisotopic (exact) mass is 340 g/mol. The second-order valence-electron chi connectivity index (χ2n) is 5.38. The van der Waals surface area contributed by atoms with Crippen molar-refractivity contribution in [1.29, 1.82) is 0 Å². The number of unbranched alkanes of at least 4 members (excludes halogenated alkanes) is 1. The Kier molecular flexibility index (Phi) is 6.77. The molecule has 10 nitrogen and oxygen atoms in total. The summed E-state index contributed by atoms with van der Waals surface area (Å²) < 4.78 is 4.06. The van der Waals surface area contributed by atoms with Crippen LogP contribution in [0.3, 0.4) is 0 Å². The Balaban J connectivity index is 2.94. The third-order valence-electron chi connectivity index (χ3n) is 3.27. The molecule has 1 aromatic rings. The molecule has 0 unspecified atom stereocenters. The molecule has 0 radical (unpaired) electrons. The molecule has 0 aliphatic rings. The van der Waals surface area contributed by atoms with Gasteiger partial charge in [-0.05, 0) is 25.1 Å². The van der Waals surface area contributed by atoms with Gasteiger partial charge in [0.05, 0.1) is 4.92 Å². The lowest BCUT2D eigenvalue weighted by atomic mass is 10.3. The number of benzene rings is 1. The number of hydrogen-bond donors (Lipinski definition) is 2. The number of carbonyl (C=O) groups is 2. The summed E-state index contributed by atoms with van der Waals surface area (Å²) in [5.74, 6) is 6.03. The van der Waals surface area contributed by atoms with Crippen LogP contribution in [0.15, 0.2) is 24.3 Å². The Labute approximate surface area is 139 Å². The van der Waals surface area contributed by atoms with Crippen LogP contribution in [0, 0.1) is 10.1 Å². The largest absolute Gasteiger partial charge is 0.550 e. The summed E-state index contributed by atoms with van der Waals surface area (Å²) in [6, 6.07) is 4.27. The third-order valence-corrected chi connectivity index (χ3v) is 3.27. The molecule has 1 rings (SSSR count). The van der Waals surface area contributed by atoms with E-state index >= 15 is 0 Å². The van der Waals surface area contributed by atoms with Gasteiger partial charge in [0.15, 0.2) is 0 Å². The fourth-order valence-corrected chi connectivity index (χ4v) is 1.95. The molecule has 1 atom stereocenters. The van der Waals surface area contributed by atoms with Crippen LogP contribution in [0.5, 0.6) is 5.75 Å². The van der Waals surface area contributed by atoms with Gasteiger partial charge in [0, 0.05) is 32.6 Å². The summed E-state index contributed by atoms with van der Waals surface area (Å²) in [6.45, 7) is 0.438. The molecule has 3 amide bonds. The van der Waals surface area contributed by atoms with Crippen molar-refractivity contribution < 1.29 is 23.8 Å². The lowest BCUT2D eigenvalue weighted by Crippen LogP contribution is -2.66. The van der Waals surface area contributed by atoms with Gasteiger partial charge < -0.3 is 10.5 Å². The number of nitrogens with two attached hydrogens (primary N) is 2. The molecule has 0 bridgehead atoms. The minimum absolute atomic E-state index is 0.0278. The molecule has 0 spiro atoms. The van der Waals surface area contributed by atoms with Crippen molar-refractivity contribution in [3.05, 3.63) is 34.4 Å². The molecule has 132 valence electrons. The van der Waals surface area contributed by atoms with Gasteiger partial charge in [-0.15, -0.1) is 0 Å². The first-order chi connectivity index (χ1) is 11.2. The number of nitro groups is 1. The smallest absolute Gasteiger partial charge is 0.379 e. The minimum Gasteiger partial charge on any atom is -0.379 e. The highest BCUT2D eigenvalue weighted by molar-refractivity contribution is 5.80. The van der Waals surface area contributed by atoms with E-state index in [0.717, 1.165) is 0 Å². The maximum atomic E-state index is 12.4. The second kappa shape index (κ2) is 8.34. The van der Waals surface area contributed by atoms with Crippen molar-refractivity contribution in [2.75, 3.05) is 27.2 Å². The van der Waals surface area contributed by atoms with Crippen molar-refractivity contribution in [2.24, 2.45) is 11.6 Å². The number of rotatable bonds is 6. The first kappa shape index (κ1) is 19.5. The van der Waals surface area contributed by atoms with E-state index < -0.39 is 21.6 Å². The molecule has 0 saturated heterocycles. The number of nitro benzene ring substituents is 1. The quantitative estimate of drug-likeness (QED) is 0.198. The number of nitrogens with zero attached hydrogens (tertiary/aromatic N) is 3. The maximum Gasteiger partial charge on any atom is 0.550 e. The van der Waals surface area contributed by atoms with Gasteiger partial charge in [0.1, 0.15) is 12.3 Å². The molecule has 0 fully saturated rings. The summed E-state index contributed by atoms with van der Waals surface area (Å²) in [5, 5.41) is 10.6. The predicted octanol–water partition coefficient (Wildman–Crippen LogP) is 1.20. The summed E-state index contributed by atoms with van der Waals surface area (Å²) in [4.78, 5) is 35.9. The Morgan fingerprint density at radius 3 is 2.29 bits per heavy atom. The molecule has 10 heteroatoms. The van der Waals surface area contributed by atoms with E-state index in [9.17, 15) is 19.7 Å². The fraction of sp³-hybridized carbons (Fsp3) is 0.429.